The molecule has 0 amide bonds. The van der Waals surface area contributed by atoms with Crippen molar-refractivity contribution < 1.29 is 0 Å². The number of nitrogens with zero attached hydrogens (tertiary/aromatic N) is 3. The molecular formula is C17H26N4. The first kappa shape index (κ1) is 14.4. The zero-order chi connectivity index (χ0) is 15.1. The second-order valence-corrected chi connectivity index (χ2v) is 6.46. The second-order valence-electron chi connectivity index (χ2n) is 6.46. The van der Waals surface area contributed by atoms with Crippen molar-refractivity contribution >= 4 is 16.9 Å². The Kier molecular flexibility index (Phi) is 3.64. The molecule has 0 aliphatic heterocycles. The number of nitrogen functional groups attached to an aromatic ring is 1. The Labute approximate surface area is 126 Å². The Morgan fingerprint density at radius 1 is 1.14 bits per heavy atom. The van der Waals surface area contributed by atoms with Crippen LogP contribution in [0.25, 0.3) is 11.0 Å². The summed E-state index contributed by atoms with van der Waals surface area (Å²) < 4.78 is 2.46. The van der Waals surface area contributed by atoms with Crippen LogP contribution in [0.3, 0.4) is 0 Å². The van der Waals surface area contributed by atoms with Gasteiger partial charge in [-0.15, -0.1) is 0 Å². The standard InChI is InChI=1S/C17H26N4/c1-5-13-8-6-7-9-14(13)21-11(3)10(2)15-16(18)19-12(4)20-17(15)21/h13-14H,5-9H2,1-4H3,(H2,18,19,20). The molecule has 4 heteroatoms. The first-order valence-electron chi connectivity index (χ1n) is 8.15. The molecular weight excluding hydrogens is 260 g/mol. The highest BCUT2D eigenvalue weighted by Crippen LogP contribution is 2.40. The maximum absolute atomic E-state index is 6.17. The maximum atomic E-state index is 6.17. The lowest BCUT2D eigenvalue weighted by atomic mass is 9.82. The van der Waals surface area contributed by atoms with Gasteiger partial charge in [0, 0.05) is 11.7 Å². The zero-order valence-electron chi connectivity index (χ0n) is 13.6. The number of hydrogen-bond acceptors (Lipinski definition) is 3. The summed E-state index contributed by atoms with van der Waals surface area (Å²) in [5.74, 6) is 2.15. The predicted molar refractivity (Wildman–Crippen MR) is 87.4 cm³/mol. The molecule has 4 nitrogen and oxygen atoms in total. The van der Waals surface area contributed by atoms with E-state index in [1.165, 1.54) is 43.4 Å². The fourth-order valence-electron chi connectivity index (χ4n) is 4.04. The molecule has 0 bridgehead atoms. The van der Waals surface area contributed by atoms with Crippen LogP contribution in [0.1, 0.15) is 62.2 Å². The lowest BCUT2D eigenvalue weighted by molar-refractivity contribution is 0.234. The number of nitrogens with two attached hydrogens (primary N) is 1. The molecule has 2 aromatic rings. The van der Waals surface area contributed by atoms with E-state index in [0.29, 0.717) is 11.9 Å². The Bertz CT molecular complexity index is 671. The van der Waals surface area contributed by atoms with Crippen LogP contribution in [-0.2, 0) is 0 Å². The number of aryl methyl sites for hydroxylation is 2. The van der Waals surface area contributed by atoms with E-state index in [1.807, 2.05) is 6.92 Å². The van der Waals surface area contributed by atoms with Crippen LogP contribution in [0, 0.1) is 26.7 Å². The van der Waals surface area contributed by atoms with Crippen LogP contribution in [0.5, 0.6) is 0 Å². The minimum atomic E-state index is 0.564. The van der Waals surface area contributed by atoms with Crippen LogP contribution in [0.4, 0.5) is 5.82 Å². The lowest BCUT2D eigenvalue weighted by Gasteiger charge is -2.33. The van der Waals surface area contributed by atoms with E-state index in [-0.39, 0.29) is 0 Å². The average Bonchev–Trinajstić information content (AvgIpc) is 2.70. The third-order valence-electron chi connectivity index (χ3n) is 5.26. The second kappa shape index (κ2) is 5.32. The molecule has 2 N–H and O–H groups in total. The predicted octanol–water partition coefficient (Wildman–Crippen LogP) is 4.08. The lowest BCUT2D eigenvalue weighted by Crippen LogP contribution is -2.24. The zero-order valence-corrected chi connectivity index (χ0v) is 13.6. The summed E-state index contributed by atoms with van der Waals surface area (Å²) in [6, 6.07) is 0.564. The summed E-state index contributed by atoms with van der Waals surface area (Å²) in [4.78, 5) is 9.09. The molecule has 1 aliphatic rings. The molecule has 0 saturated heterocycles. The van der Waals surface area contributed by atoms with E-state index >= 15 is 0 Å². The van der Waals surface area contributed by atoms with Crippen molar-refractivity contribution in [2.24, 2.45) is 5.92 Å². The number of aromatic nitrogens is 3. The molecule has 0 aromatic carbocycles. The molecule has 2 unspecified atom stereocenters. The van der Waals surface area contributed by atoms with Gasteiger partial charge in [0.25, 0.3) is 0 Å². The van der Waals surface area contributed by atoms with Crippen LogP contribution in [-0.4, -0.2) is 14.5 Å². The van der Waals surface area contributed by atoms with Crippen molar-refractivity contribution in [2.45, 2.75) is 65.8 Å². The summed E-state index contributed by atoms with van der Waals surface area (Å²) in [6.45, 7) is 8.58. The number of rotatable bonds is 2. The van der Waals surface area contributed by atoms with Gasteiger partial charge < -0.3 is 10.3 Å². The summed E-state index contributed by atoms with van der Waals surface area (Å²) in [5.41, 5.74) is 9.76. The van der Waals surface area contributed by atoms with Crippen LogP contribution in [0.2, 0.25) is 0 Å². The number of fused-ring (bicyclic) bond motifs is 1. The summed E-state index contributed by atoms with van der Waals surface area (Å²) in [5, 5.41) is 1.05. The van der Waals surface area contributed by atoms with Crippen molar-refractivity contribution in [2.75, 3.05) is 5.73 Å². The SMILES string of the molecule is CCC1CCCCC1n1c(C)c(C)c2c(N)nc(C)nc21. The van der Waals surface area contributed by atoms with Gasteiger partial charge in [0.15, 0.2) is 0 Å². The molecule has 2 heterocycles. The topological polar surface area (TPSA) is 56.7 Å². The molecule has 2 aromatic heterocycles. The monoisotopic (exact) mass is 286 g/mol. The van der Waals surface area contributed by atoms with E-state index in [2.05, 4.69) is 30.3 Å². The third-order valence-corrected chi connectivity index (χ3v) is 5.26. The highest BCUT2D eigenvalue weighted by atomic mass is 15.1. The molecule has 21 heavy (non-hydrogen) atoms. The van der Waals surface area contributed by atoms with Gasteiger partial charge in [-0.05, 0) is 45.1 Å². The Morgan fingerprint density at radius 2 is 1.86 bits per heavy atom. The van der Waals surface area contributed by atoms with E-state index in [9.17, 15) is 0 Å². The Morgan fingerprint density at radius 3 is 2.57 bits per heavy atom. The quantitative estimate of drug-likeness (QED) is 0.905. The number of hydrogen-bond donors (Lipinski definition) is 1. The van der Waals surface area contributed by atoms with E-state index in [1.54, 1.807) is 0 Å². The summed E-state index contributed by atoms with van der Waals surface area (Å²) in [6.07, 6.45) is 6.51. The van der Waals surface area contributed by atoms with Gasteiger partial charge in [0.2, 0.25) is 0 Å². The highest BCUT2D eigenvalue weighted by Gasteiger charge is 2.29. The van der Waals surface area contributed by atoms with Gasteiger partial charge in [-0.2, -0.15) is 0 Å². The maximum Gasteiger partial charge on any atom is 0.146 e. The van der Waals surface area contributed by atoms with Gasteiger partial charge in [-0.25, -0.2) is 9.97 Å². The van der Waals surface area contributed by atoms with Crippen molar-refractivity contribution in [1.29, 1.82) is 0 Å². The van der Waals surface area contributed by atoms with Gasteiger partial charge in [0.05, 0.1) is 5.39 Å². The molecule has 3 rings (SSSR count). The smallest absolute Gasteiger partial charge is 0.146 e. The molecule has 0 spiro atoms. The van der Waals surface area contributed by atoms with Crippen molar-refractivity contribution in [3.05, 3.63) is 17.1 Å². The van der Waals surface area contributed by atoms with E-state index in [4.69, 9.17) is 10.7 Å². The third kappa shape index (κ3) is 2.21. The van der Waals surface area contributed by atoms with Crippen LogP contribution < -0.4 is 5.73 Å². The largest absolute Gasteiger partial charge is 0.383 e. The van der Waals surface area contributed by atoms with Crippen molar-refractivity contribution in [3.63, 3.8) is 0 Å². The van der Waals surface area contributed by atoms with Gasteiger partial charge >= 0.3 is 0 Å². The fourth-order valence-corrected chi connectivity index (χ4v) is 4.04. The van der Waals surface area contributed by atoms with Gasteiger partial charge in [-0.1, -0.05) is 26.2 Å². The average molecular weight is 286 g/mol. The summed E-state index contributed by atoms with van der Waals surface area (Å²) >= 11 is 0. The Hall–Kier alpha value is -1.58. The first-order valence-corrected chi connectivity index (χ1v) is 8.15. The summed E-state index contributed by atoms with van der Waals surface area (Å²) in [7, 11) is 0. The highest BCUT2D eigenvalue weighted by molar-refractivity contribution is 5.91. The normalized spacial score (nSPS) is 22.9. The van der Waals surface area contributed by atoms with Crippen molar-refractivity contribution in [1.82, 2.24) is 14.5 Å². The molecule has 2 atom stereocenters. The number of anilines is 1. The molecule has 0 radical (unpaired) electrons. The molecule has 114 valence electrons. The minimum Gasteiger partial charge on any atom is -0.383 e. The van der Waals surface area contributed by atoms with Gasteiger partial charge in [0.1, 0.15) is 17.3 Å². The van der Waals surface area contributed by atoms with Crippen LogP contribution >= 0.6 is 0 Å². The minimum absolute atomic E-state index is 0.564. The molecule has 1 fully saturated rings. The Balaban J connectivity index is 2.24. The van der Waals surface area contributed by atoms with Crippen molar-refractivity contribution in [3.8, 4) is 0 Å². The van der Waals surface area contributed by atoms with Crippen LogP contribution in [0.15, 0.2) is 0 Å². The van der Waals surface area contributed by atoms with E-state index in [0.717, 1.165) is 22.8 Å². The molecule has 1 aliphatic carbocycles. The van der Waals surface area contributed by atoms with Gasteiger partial charge in [-0.3, -0.25) is 0 Å². The van der Waals surface area contributed by atoms with E-state index < -0.39 is 0 Å². The molecule has 1 saturated carbocycles. The first-order chi connectivity index (χ1) is 10.0. The fraction of sp³-hybridized carbons (Fsp3) is 0.647.